The second kappa shape index (κ2) is 9.85. The highest BCUT2D eigenvalue weighted by Crippen LogP contribution is 2.43. The lowest BCUT2D eigenvalue weighted by atomic mass is 9.71. The summed E-state index contributed by atoms with van der Waals surface area (Å²) in [5.74, 6) is -2.53. The summed E-state index contributed by atoms with van der Waals surface area (Å²) in [5.41, 5.74) is -6.32. The topological polar surface area (TPSA) is 121 Å². The van der Waals surface area contributed by atoms with Crippen LogP contribution in [0.15, 0.2) is 91.0 Å². The van der Waals surface area contributed by atoms with Crippen molar-refractivity contribution in [3.8, 4) is 0 Å². The normalized spacial score (nSPS) is 27.1. The predicted octanol–water partition coefficient (Wildman–Crippen LogP) is 2.50. The number of ketones is 3. The number of hydrogen-bond acceptors (Lipinski definition) is 8. The molecule has 1 unspecified atom stereocenters. The van der Waals surface area contributed by atoms with Gasteiger partial charge in [0.05, 0.1) is 0 Å². The van der Waals surface area contributed by atoms with Crippen molar-refractivity contribution in [3.63, 3.8) is 0 Å². The Morgan fingerprint density at radius 2 is 1.14 bits per heavy atom. The Morgan fingerprint density at radius 3 is 1.60 bits per heavy atom. The van der Waals surface area contributed by atoms with Crippen LogP contribution >= 0.6 is 12.6 Å². The molecule has 0 bridgehead atoms. The molecule has 0 aromatic heterocycles. The van der Waals surface area contributed by atoms with Crippen LogP contribution in [0, 0.1) is 0 Å². The van der Waals surface area contributed by atoms with Gasteiger partial charge in [-0.25, -0.2) is 0 Å². The molecule has 35 heavy (non-hydrogen) atoms. The number of thiol groups is 1. The van der Waals surface area contributed by atoms with Gasteiger partial charge in [0.1, 0.15) is 17.6 Å². The first-order valence-electron chi connectivity index (χ1n) is 10.9. The van der Waals surface area contributed by atoms with Crippen molar-refractivity contribution in [2.75, 3.05) is 0 Å². The summed E-state index contributed by atoms with van der Waals surface area (Å²) in [4.78, 5) is 39.8. The number of rotatable bonds is 7. The molecule has 5 atom stereocenters. The molecule has 0 saturated carbocycles. The zero-order valence-corrected chi connectivity index (χ0v) is 19.4. The van der Waals surface area contributed by atoms with E-state index in [1.807, 2.05) is 0 Å². The predicted molar refractivity (Wildman–Crippen MR) is 130 cm³/mol. The summed E-state index contributed by atoms with van der Waals surface area (Å²) in [7, 11) is 0. The third kappa shape index (κ3) is 4.59. The fourth-order valence-corrected chi connectivity index (χ4v) is 4.63. The zero-order chi connectivity index (χ0) is 25.2. The summed E-state index contributed by atoms with van der Waals surface area (Å²) >= 11 is 4.24. The Bertz CT molecular complexity index is 1220. The molecule has 3 N–H and O–H groups in total. The van der Waals surface area contributed by atoms with Gasteiger partial charge in [-0.1, -0.05) is 91.0 Å². The molecule has 3 aromatic rings. The number of Topliss-reactive ketones (excluding diaryl/α,β-unsaturated/α-hetero) is 3. The number of aliphatic hydroxyl groups is 3. The highest BCUT2D eigenvalue weighted by molar-refractivity contribution is 7.80. The lowest BCUT2D eigenvalue weighted by Gasteiger charge is -2.49. The van der Waals surface area contributed by atoms with Gasteiger partial charge in [-0.05, 0) is 0 Å². The maximum absolute atomic E-state index is 13.5. The van der Waals surface area contributed by atoms with Crippen LogP contribution in [0.3, 0.4) is 0 Å². The third-order valence-corrected chi connectivity index (χ3v) is 6.71. The number of benzene rings is 3. The molecule has 1 heterocycles. The van der Waals surface area contributed by atoms with Crippen molar-refractivity contribution < 1.29 is 34.4 Å². The van der Waals surface area contributed by atoms with Gasteiger partial charge in [-0.15, -0.1) is 12.6 Å². The van der Waals surface area contributed by atoms with Crippen LogP contribution in [-0.4, -0.2) is 61.5 Å². The summed E-state index contributed by atoms with van der Waals surface area (Å²) in [5, 5.41) is 34.1. The van der Waals surface area contributed by atoms with E-state index in [1.54, 1.807) is 54.6 Å². The number of carbonyl (C=O) groups is 3. The number of ether oxygens (including phenoxy) is 1. The van der Waals surface area contributed by atoms with E-state index >= 15 is 0 Å². The molecule has 3 aromatic carbocycles. The van der Waals surface area contributed by atoms with Gasteiger partial charge < -0.3 is 20.1 Å². The molecule has 1 aliphatic rings. The Labute approximate surface area is 207 Å². The van der Waals surface area contributed by atoms with E-state index in [0.29, 0.717) is 0 Å². The highest BCUT2D eigenvalue weighted by atomic mass is 32.1. The van der Waals surface area contributed by atoms with E-state index < -0.39 is 52.6 Å². The molecule has 4 rings (SSSR count). The quantitative estimate of drug-likeness (QED) is 0.295. The van der Waals surface area contributed by atoms with Crippen molar-refractivity contribution in [3.05, 3.63) is 108 Å². The minimum atomic E-state index is -2.64. The first-order chi connectivity index (χ1) is 16.7. The van der Waals surface area contributed by atoms with Crippen molar-refractivity contribution >= 4 is 30.0 Å². The van der Waals surface area contributed by atoms with Gasteiger partial charge in [0, 0.05) is 23.1 Å². The highest BCUT2D eigenvalue weighted by Gasteiger charge is 2.63. The van der Waals surface area contributed by atoms with Gasteiger partial charge in [-0.3, -0.25) is 14.4 Å². The van der Waals surface area contributed by atoms with E-state index in [0.717, 1.165) is 0 Å². The van der Waals surface area contributed by atoms with E-state index in [2.05, 4.69) is 12.6 Å². The lowest BCUT2D eigenvalue weighted by Crippen LogP contribution is -2.69. The van der Waals surface area contributed by atoms with Crippen LogP contribution in [0.4, 0.5) is 0 Å². The van der Waals surface area contributed by atoms with Crippen LogP contribution in [0.2, 0.25) is 0 Å². The average molecular weight is 493 g/mol. The average Bonchev–Trinajstić information content (AvgIpc) is 2.90. The molecule has 180 valence electrons. The minimum Gasteiger partial charge on any atom is -0.382 e. The molecule has 8 heteroatoms. The lowest BCUT2D eigenvalue weighted by molar-refractivity contribution is -0.212. The van der Waals surface area contributed by atoms with Crippen molar-refractivity contribution in [2.24, 2.45) is 0 Å². The maximum atomic E-state index is 13.5. The molecule has 1 fully saturated rings. The van der Waals surface area contributed by atoms with Gasteiger partial charge in [0.15, 0.2) is 28.6 Å². The van der Waals surface area contributed by atoms with Gasteiger partial charge >= 0.3 is 0 Å². The minimum absolute atomic E-state index is 0.0510. The molecule has 0 aliphatic carbocycles. The fourth-order valence-electron chi connectivity index (χ4n) is 4.29. The van der Waals surface area contributed by atoms with Gasteiger partial charge in [0.2, 0.25) is 0 Å². The molecule has 0 spiro atoms. The Hall–Kier alpha value is -3.14. The Kier molecular flexibility index (Phi) is 7.02. The molecule has 7 nitrogen and oxygen atoms in total. The van der Waals surface area contributed by atoms with E-state index in [9.17, 15) is 29.7 Å². The van der Waals surface area contributed by atoms with Crippen LogP contribution < -0.4 is 0 Å². The Balaban J connectivity index is 1.77. The second-order valence-corrected chi connectivity index (χ2v) is 8.97. The molecule has 0 radical (unpaired) electrons. The fraction of sp³-hybridized carbons (Fsp3) is 0.222. The van der Waals surface area contributed by atoms with E-state index in [1.165, 1.54) is 36.4 Å². The third-order valence-electron chi connectivity index (χ3n) is 6.17. The van der Waals surface area contributed by atoms with Gasteiger partial charge in [0.25, 0.3) is 0 Å². The van der Waals surface area contributed by atoms with Crippen molar-refractivity contribution in [2.45, 2.75) is 35.3 Å². The smallest absolute Gasteiger partial charge is 0.198 e. The number of aliphatic hydroxyl groups excluding tert-OH is 1. The van der Waals surface area contributed by atoms with Gasteiger partial charge in [-0.2, -0.15) is 0 Å². The molecule has 1 saturated heterocycles. The van der Waals surface area contributed by atoms with Crippen molar-refractivity contribution in [1.29, 1.82) is 0 Å². The number of hydrogen-bond donors (Lipinski definition) is 4. The Morgan fingerprint density at radius 1 is 0.743 bits per heavy atom. The first-order valence-corrected chi connectivity index (χ1v) is 11.5. The summed E-state index contributed by atoms with van der Waals surface area (Å²) < 4.78 is 5.66. The maximum Gasteiger partial charge on any atom is 0.198 e. The summed E-state index contributed by atoms with van der Waals surface area (Å²) in [6.45, 7) is 0. The molecular weight excluding hydrogens is 468 g/mol. The largest absolute Gasteiger partial charge is 0.382 e. The van der Waals surface area contributed by atoms with Crippen LogP contribution in [-0.2, 0) is 4.74 Å². The molecule has 0 amide bonds. The monoisotopic (exact) mass is 492 g/mol. The summed E-state index contributed by atoms with van der Waals surface area (Å²) in [6.07, 6.45) is -4.64. The second-order valence-electron chi connectivity index (χ2n) is 8.50. The molecular formula is C27H24O7S. The number of carbonyl (C=O) groups excluding carboxylic acids is 3. The summed E-state index contributed by atoms with van der Waals surface area (Å²) in [6, 6.07) is 23.3. The van der Waals surface area contributed by atoms with E-state index in [4.69, 9.17) is 4.74 Å². The van der Waals surface area contributed by atoms with Crippen LogP contribution in [0.5, 0.6) is 0 Å². The van der Waals surface area contributed by atoms with Crippen LogP contribution in [0.1, 0.15) is 37.5 Å². The van der Waals surface area contributed by atoms with Crippen LogP contribution in [0.25, 0.3) is 0 Å². The van der Waals surface area contributed by atoms with Crippen molar-refractivity contribution in [1.82, 2.24) is 0 Å². The SMILES string of the molecule is O=C(c1ccccc1)C(O)[C@H]1O[C@@H](S)[C@@](O)(C(=O)c2ccccc2)C[C@@]1(O)C(=O)c1ccccc1. The standard InChI is InChI=1S/C27H24O7S/c28-20(17-10-4-1-5-11-17)21(29)24-26(32,22(30)18-12-6-2-7-13-18)16-27(33,25(35)34-24)23(31)19-14-8-3-9-15-19/h1-15,21,24-25,29,32-33,35H,16H2/t21?,24-,25+,26-,27+/m1/s1. The zero-order valence-electron chi connectivity index (χ0n) is 18.5. The molecule has 1 aliphatic heterocycles. The van der Waals surface area contributed by atoms with E-state index in [-0.39, 0.29) is 16.7 Å². The first kappa shape index (κ1) is 25.0.